The molecule has 0 spiro atoms. The van der Waals surface area contributed by atoms with Gasteiger partial charge in [-0.25, -0.2) is 9.69 Å². The summed E-state index contributed by atoms with van der Waals surface area (Å²) < 4.78 is 4.95. The molecule has 1 fully saturated rings. The highest BCUT2D eigenvalue weighted by Gasteiger charge is 2.39. The number of ether oxygens (including phenoxy) is 1. The number of carbonyl (C=O) groups is 1. The first-order chi connectivity index (χ1) is 7.59. The van der Waals surface area contributed by atoms with E-state index in [1.807, 2.05) is 44.2 Å². The van der Waals surface area contributed by atoms with Crippen LogP contribution in [0.15, 0.2) is 30.3 Å². The number of hydrogen-bond donors (Lipinski definition) is 0. The minimum Gasteiger partial charge on any atom is -0.446 e. The molecular formula is C13H13NO2. The van der Waals surface area contributed by atoms with Crippen molar-refractivity contribution in [2.45, 2.75) is 19.4 Å². The Hall–Kier alpha value is -1.95. The van der Waals surface area contributed by atoms with E-state index in [-0.39, 0.29) is 11.6 Å². The summed E-state index contributed by atoms with van der Waals surface area (Å²) in [6, 6.07) is 12.4. The highest BCUT2D eigenvalue weighted by atomic mass is 16.6. The van der Waals surface area contributed by atoms with Crippen LogP contribution < -0.4 is 0 Å². The van der Waals surface area contributed by atoms with Gasteiger partial charge in [0.15, 0.2) is 0 Å². The molecule has 1 saturated heterocycles. The minimum absolute atomic E-state index is 0.348. The lowest BCUT2D eigenvalue weighted by Gasteiger charge is -2.21. The lowest BCUT2D eigenvalue weighted by Crippen LogP contribution is -2.38. The molecule has 0 saturated carbocycles. The van der Waals surface area contributed by atoms with E-state index in [0.29, 0.717) is 6.61 Å². The number of rotatable bonds is 0. The van der Waals surface area contributed by atoms with Crippen LogP contribution in [0.3, 0.4) is 0 Å². The zero-order chi connectivity index (χ0) is 11.6. The summed E-state index contributed by atoms with van der Waals surface area (Å²) >= 11 is 0. The molecule has 82 valence electrons. The van der Waals surface area contributed by atoms with E-state index < -0.39 is 0 Å². The summed E-state index contributed by atoms with van der Waals surface area (Å²) in [5.41, 5.74) is 0.539. The Kier molecular flexibility index (Phi) is 2.57. The summed E-state index contributed by atoms with van der Waals surface area (Å²) in [6.07, 6.45) is -0.367. The number of hydrogen-bond acceptors (Lipinski definition) is 2. The molecule has 0 radical (unpaired) electrons. The molecule has 1 amide bonds. The second-order valence-corrected chi connectivity index (χ2v) is 4.31. The monoisotopic (exact) mass is 215 g/mol. The Bertz CT molecular complexity index is 454. The summed E-state index contributed by atoms with van der Waals surface area (Å²) in [6.45, 7) is 4.24. The molecule has 3 heteroatoms. The summed E-state index contributed by atoms with van der Waals surface area (Å²) in [7, 11) is 0. The highest BCUT2D eigenvalue weighted by molar-refractivity contribution is 5.73. The molecule has 1 aromatic rings. The summed E-state index contributed by atoms with van der Waals surface area (Å²) in [5, 5.41) is 0. The maximum Gasteiger partial charge on any atom is 0.422 e. The van der Waals surface area contributed by atoms with Crippen molar-refractivity contribution in [3.05, 3.63) is 35.9 Å². The van der Waals surface area contributed by atoms with Crippen molar-refractivity contribution in [3.8, 4) is 12.0 Å². The first-order valence-electron chi connectivity index (χ1n) is 5.13. The molecule has 1 aliphatic heterocycles. The molecule has 1 aromatic carbocycles. The van der Waals surface area contributed by atoms with Crippen LogP contribution in [0.1, 0.15) is 19.4 Å². The maximum atomic E-state index is 11.4. The number of amides is 1. The zero-order valence-electron chi connectivity index (χ0n) is 9.36. The van der Waals surface area contributed by atoms with Gasteiger partial charge in [-0.3, -0.25) is 0 Å². The van der Waals surface area contributed by atoms with Crippen LogP contribution in [0.2, 0.25) is 0 Å². The average molecular weight is 215 g/mol. The predicted octanol–water partition coefficient (Wildman–Crippen LogP) is 2.23. The fourth-order valence-electron chi connectivity index (χ4n) is 1.45. The van der Waals surface area contributed by atoms with Gasteiger partial charge in [0.25, 0.3) is 0 Å². The number of nitrogens with zero attached hydrogens (tertiary/aromatic N) is 1. The molecule has 0 N–H and O–H groups in total. The van der Waals surface area contributed by atoms with E-state index in [1.54, 1.807) is 0 Å². The Morgan fingerprint density at radius 2 is 2.00 bits per heavy atom. The van der Waals surface area contributed by atoms with E-state index in [1.165, 1.54) is 4.90 Å². The zero-order valence-corrected chi connectivity index (χ0v) is 9.36. The van der Waals surface area contributed by atoms with Gasteiger partial charge >= 0.3 is 6.09 Å². The van der Waals surface area contributed by atoms with Gasteiger partial charge < -0.3 is 4.74 Å². The van der Waals surface area contributed by atoms with Crippen molar-refractivity contribution in [1.29, 1.82) is 0 Å². The van der Waals surface area contributed by atoms with E-state index in [0.717, 1.165) is 5.56 Å². The van der Waals surface area contributed by atoms with E-state index in [4.69, 9.17) is 4.74 Å². The summed E-state index contributed by atoms with van der Waals surface area (Å²) in [4.78, 5) is 12.9. The average Bonchev–Trinajstić information content (AvgIpc) is 2.52. The van der Waals surface area contributed by atoms with E-state index in [9.17, 15) is 4.79 Å². The number of cyclic esters (lactones) is 1. The lowest BCUT2D eigenvalue weighted by molar-refractivity contribution is 0.167. The smallest absolute Gasteiger partial charge is 0.422 e. The normalized spacial score (nSPS) is 17.6. The topological polar surface area (TPSA) is 29.5 Å². The third kappa shape index (κ3) is 2.01. The first kappa shape index (κ1) is 10.6. The third-order valence-corrected chi connectivity index (χ3v) is 2.42. The predicted molar refractivity (Wildman–Crippen MR) is 60.6 cm³/mol. The third-order valence-electron chi connectivity index (χ3n) is 2.42. The molecule has 16 heavy (non-hydrogen) atoms. The van der Waals surface area contributed by atoms with Gasteiger partial charge in [0.05, 0.1) is 5.54 Å². The highest BCUT2D eigenvalue weighted by Crippen LogP contribution is 2.21. The van der Waals surface area contributed by atoms with Crippen LogP contribution in [0.4, 0.5) is 4.79 Å². The molecule has 2 rings (SSSR count). The van der Waals surface area contributed by atoms with Crippen LogP contribution in [0.25, 0.3) is 0 Å². The van der Waals surface area contributed by atoms with Crippen LogP contribution in [-0.2, 0) is 4.74 Å². The molecule has 0 aromatic heterocycles. The van der Waals surface area contributed by atoms with Crippen molar-refractivity contribution >= 4 is 6.09 Å². The second-order valence-electron chi connectivity index (χ2n) is 4.31. The largest absolute Gasteiger partial charge is 0.446 e. The van der Waals surface area contributed by atoms with Crippen molar-refractivity contribution in [1.82, 2.24) is 4.90 Å². The van der Waals surface area contributed by atoms with Crippen LogP contribution in [-0.4, -0.2) is 23.1 Å². The minimum atomic E-state index is -0.367. The second kappa shape index (κ2) is 3.90. The molecule has 0 aliphatic carbocycles. The van der Waals surface area contributed by atoms with Gasteiger partial charge in [0.2, 0.25) is 0 Å². The van der Waals surface area contributed by atoms with Gasteiger partial charge in [-0.05, 0) is 31.9 Å². The summed E-state index contributed by atoms with van der Waals surface area (Å²) in [5.74, 6) is 2.95. The van der Waals surface area contributed by atoms with Gasteiger partial charge in [-0.2, -0.15) is 0 Å². The number of benzene rings is 1. The molecule has 0 bridgehead atoms. The van der Waals surface area contributed by atoms with Gasteiger partial charge in [0.1, 0.15) is 6.61 Å². The molecule has 0 unspecified atom stereocenters. The fourth-order valence-corrected chi connectivity index (χ4v) is 1.45. The molecule has 1 aliphatic rings. The van der Waals surface area contributed by atoms with Gasteiger partial charge in [0, 0.05) is 11.6 Å². The lowest BCUT2D eigenvalue weighted by atomic mass is 10.1. The first-order valence-corrected chi connectivity index (χ1v) is 5.13. The van der Waals surface area contributed by atoms with Crippen molar-refractivity contribution in [2.24, 2.45) is 0 Å². The van der Waals surface area contributed by atoms with Crippen LogP contribution >= 0.6 is 0 Å². The van der Waals surface area contributed by atoms with Crippen LogP contribution in [0, 0.1) is 12.0 Å². The Morgan fingerprint density at radius 3 is 2.56 bits per heavy atom. The van der Waals surface area contributed by atoms with Crippen molar-refractivity contribution in [2.75, 3.05) is 6.61 Å². The molecule has 1 heterocycles. The standard InChI is InChI=1S/C13H13NO2/c1-13(2)10-16-12(15)14(13)9-8-11-6-4-3-5-7-11/h3-7H,10H2,1-2H3. The maximum absolute atomic E-state index is 11.4. The Morgan fingerprint density at radius 1 is 1.31 bits per heavy atom. The quantitative estimate of drug-likeness (QED) is 0.621. The van der Waals surface area contributed by atoms with Crippen molar-refractivity contribution in [3.63, 3.8) is 0 Å². The Labute approximate surface area is 95.0 Å². The SMILES string of the molecule is CC1(C)COC(=O)N1C#Cc1ccccc1. The van der Waals surface area contributed by atoms with Crippen molar-refractivity contribution < 1.29 is 9.53 Å². The van der Waals surface area contributed by atoms with Gasteiger partial charge in [-0.1, -0.05) is 18.2 Å². The van der Waals surface area contributed by atoms with Gasteiger partial charge in [-0.15, -0.1) is 0 Å². The number of carbonyl (C=O) groups excluding carboxylic acids is 1. The van der Waals surface area contributed by atoms with E-state index in [2.05, 4.69) is 12.0 Å². The molecule has 0 atom stereocenters. The molecular weight excluding hydrogens is 202 g/mol. The van der Waals surface area contributed by atoms with E-state index >= 15 is 0 Å². The fraction of sp³-hybridized carbons (Fsp3) is 0.308. The van der Waals surface area contributed by atoms with Crippen LogP contribution in [0.5, 0.6) is 0 Å². The molecule has 3 nitrogen and oxygen atoms in total. The Balaban J connectivity index is 2.22.